The zero-order valence-corrected chi connectivity index (χ0v) is 15.5. The molecule has 1 fully saturated rings. The molecule has 6 nitrogen and oxygen atoms in total. The van der Waals surface area contributed by atoms with E-state index in [0.717, 1.165) is 31.1 Å². The Labute approximate surface area is 152 Å². The highest BCUT2D eigenvalue weighted by Gasteiger charge is 2.26. The molecule has 6 heteroatoms. The minimum absolute atomic E-state index is 0.120. The number of fused-ring (bicyclic) bond motifs is 1. The third kappa shape index (κ3) is 3.84. The van der Waals surface area contributed by atoms with Crippen LogP contribution in [0.25, 0.3) is 11.0 Å². The molecule has 2 aromatic rings. The van der Waals surface area contributed by atoms with Gasteiger partial charge in [-0.05, 0) is 51.8 Å². The number of hydrogen-bond donors (Lipinski definition) is 1. The highest BCUT2D eigenvalue weighted by molar-refractivity contribution is 5.97. The van der Waals surface area contributed by atoms with Gasteiger partial charge in [0, 0.05) is 17.0 Å². The maximum absolute atomic E-state index is 12.5. The number of carbonyl (C=O) groups excluding carboxylic acids is 2. The van der Waals surface area contributed by atoms with Crippen LogP contribution in [-0.2, 0) is 9.53 Å². The summed E-state index contributed by atoms with van der Waals surface area (Å²) in [5.74, 6) is -0.0642. The van der Waals surface area contributed by atoms with Crippen molar-refractivity contribution in [2.45, 2.75) is 58.6 Å². The van der Waals surface area contributed by atoms with Crippen LogP contribution in [0, 0.1) is 6.92 Å². The Bertz CT molecular complexity index is 804. The molecular formula is C20H25NO5. The summed E-state index contributed by atoms with van der Waals surface area (Å²) < 4.78 is 16.5. The molecule has 1 aliphatic carbocycles. The smallest absolute Gasteiger partial charge is 0.375 e. The van der Waals surface area contributed by atoms with Gasteiger partial charge in [0.1, 0.15) is 11.3 Å². The van der Waals surface area contributed by atoms with Gasteiger partial charge in [-0.2, -0.15) is 0 Å². The molecule has 0 bridgehead atoms. The van der Waals surface area contributed by atoms with Crippen molar-refractivity contribution in [1.82, 2.24) is 5.32 Å². The summed E-state index contributed by atoms with van der Waals surface area (Å²) in [7, 11) is 0. The third-order valence-corrected chi connectivity index (χ3v) is 4.76. The fraction of sp³-hybridized carbons (Fsp3) is 0.500. The molecule has 1 aromatic carbocycles. The van der Waals surface area contributed by atoms with Gasteiger partial charge in [0.25, 0.3) is 5.91 Å². The summed E-state index contributed by atoms with van der Waals surface area (Å²) in [6.45, 7) is 5.84. The van der Waals surface area contributed by atoms with Crippen molar-refractivity contribution in [3.63, 3.8) is 0 Å². The standard InChI is InChI=1S/C20H25NO5/c1-4-24-15-9-10-17-16(11-15)12(2)18(26-17)20(23)25-13(3)19(22)21-14-7-5-6-8-14/h9-11,13-14H,4-8H2,1-3H3,(H,21,22)/t13-/m0/s1. The fourth-order valence-corrected chi connectivity index (χ4v) is 3.31. The minimum atomic E-state index is -0.866. The van der Waals surface area contributed by atoms with Crippen molar-refractivity contribution in [3.05, 3.63) is 29.5 Å². The Balaban J connectivity index is 1.70. The normalized spacial score (nSPS) is 15.8. The molecule has 1 atom stereocenters. The number of carbonyl (C=O) groups is 2. The summed E-state index contributed by atoms with van der Waals surface area (Å²) in [4.78, 5) is 24.7. The monoisotopic (exact) mass is 359 g/mol. The fourth-order valence-electron chi connectivity index (χ4n) is 3.31. The van der Waals surface area contributed by atoms with Crippen LogP contribution in [0.3, 0.4) is 0 Å². The Kier molecular flexibility index (Phi) is 5.49. The first kappa shape index (κ1) is 18.3. The molecule has 0 unspecified atom stereocenters. The predicted octanol–water partition coefficient (Wildman–Crippen LogP) is 3.74. The van der Waals surface area contributed by atoms with Crippen molar-refractivity contribution in [2.75, 3.05) is 6.61 Å². The van der Waals surface area contributed by atoms with E-state index in [1.807, 2.05) is 13.0 Å². The van der Waals surface area contributed by atoms with Crippen molar-refractivity contribution >= 4 is 22.8 Å². The van der Waals surface area contributed by atoms with Crippen LogP contribution < -0.4 is 10.1 Å². The van der Waals surface area contributed by atoms with Crippen LogP contribution in [-0.4, -0.2) is 30.6 Å². The van der Waals surface area contributed by atoms with Gasteiger partial charge in [-0.15, -0.1) is 0 Å². The summed E-state index contributed by atoms with van der Waals surface area (Å²) in [6, 6.07) is 5.58. The molecule has 1 heterocycles. The molecular weight excluding hydrogens is 334 g/mol. The summed E-state index contributed by atoms with van der Waals surface area (Å²) >= 11 is 0. The Morgan fingerprint density at radius 1 is 1.31 bits per heavy atom. The van der Waals surface area contributed by atoms with Crippen LogP contribution in [0.4, 0.5) is 0 Å². The van der Waals surface area contributed by atoms with E-state index in [4.69, 9.17) is 13.9 Å². The molecule has 0 spiro atoms. The molecule has 1 aromatic heterocycles. The van der Waals surface area contributed by atoms with Gasteiger partial charge < -0.3 is 19.2 Å². The Hall–Kier alpha value is -2.50. The molecule has 1 saturated carbocycles. The first-order chi connectivity index (χ1) is 12.5. The number of ether oxygens (including phenoxy) is 2. The van der Waals surface area contributed by atoms with Crippen molar-refractivity contribution in [2.24, 2.45) is 0 Å². The van der Waals surface area contributed by atoms with Crippen LogP contribution in [0.2, 0.25) is 0 Å². The number of hydrogen-bond acceptors (Lipinski definition) is 5. The first-order valence-electron chi connectivity index (χ1n) is 9.17. The number of furan rings is 1. The molecule has 3 rings (SSSR count). The van der Waals surface area contributed by atoms with Gasteiger partial charge in [0.15, 0.2) is 6.10 Å². The lowest BCUT2D eigenvalue weighted by Gasteiger charge is -2.16. The first-order valence-corrected chi connectivity index (χ1v) is 9.17. The second kappa shape index (κ2) is 7.81. The average molecular weight is 359 g/mol. The van der Waals surface area contributed by atoms with E-state index in [0.29, 0.717) is 23.5 Å². The van der Waals surface area contributed by atoms with E-state index in [1.54, 1.807) is 26.0 Å². The van der Waals surface area contributed by atoms with Crippen LogP contribution >= 0.6 is 0 Å². The summed E-state index contributed by atoms with van der Waals surface area (Å²) in [6.07, 6.45) is 3.35. The zero-order valence-electron chi connectivity index (χ0n) is 15.5. The Morgan fingerprint density at radius 3 is 2.73 bits per heavy atom. The van der Waals surface area contributed by atoms with Crippen molar-refractivity contribution in [1.29, 1.82) is 0 Å². The van der Waals surface area contributed by atoms with Gasteiger partial charge >= 0.3 is 5.97 Å². The van der Waals surface area contributed by atoms with Crippen LogP contribution in [0.5, 0.6) is 5.75 Å². The van der Waals surface area contributed by atoms with Gasteiger partial charge in [-0.25, -0.2) is 4.79 Å². The summed E-state index contributed by atoms with van der Waals surface area (Å²) in [5.41, 5.74) is 1.26. The highest BCUT2D eigenvalue weighted by atomic mass is 16.6. The Morgan fingerprint density at radius 2 is 2.04 bits per heavy atom. The topological polar surface area (TPSA) is 77.8 Å². The lowest BCUT2D eigenvalue weighted by atomic mass is 10.1. The van der Waals surface area contributed by atoms with E-state index < -0.39 is 12.1 Å². The second-order valence-corrected chi connectivity index (χ2v) is 6.68. The molecule has 1 amide bonds. The third-order valence-electron chi connectivity index (χ3n) is 4.76. The van der Waals surface area contributed by atoms with E-state index in [-0.39, 0.29) is 17.7 Å². The van der Waals surface area contributed by atoms with Crippen molar-refractivity contribution in [3.8, 4) is 5.75 Å². The minimum Gasteiger partial charge on any atom is -0.494 e. The largest absolute Gasteiger partial charge is 0.494 e. The van der Waals surface area contributed by atoms with Crippen molar-refractivity contribution < 1.29 is 23.5 Å². The van der Waals surface area contributed by atoms with E-state index in [2.05, 4.69) is 5.32 Å². The number of benzene rings is 1. The number of rotatable bonds is 6. The van der Waals surface area contributed by atoms with Gasteiger partial charge in [-0.1, -0.05) is 12.8 Å². The lowest BCUT2D eigenvalue weighted by Crippen LogP contribution is -2.40. The van der Waals surface area contributed by atoms with Crippen LogP contribution in [0.15, 0.2) is 22.6 Å². The van der Waals surface area contributed by atoms with E-state index >= 15 is 0 Å². The maximum Gasteiger partial charge on any atom is 0.375 e. The molecule has 0 radical (unpaired) electrons. The van der Waals surface area contributed by atoms with E-state index in [1.165, 1.54) is 0 Å². The predicted molar refractivity (Wildman–Crippen MR) is 97.4 cm³/mol. The quantitative estimate of drug-likeness (QED) is 0.795. The SMILES string of the molecule is CCOc1ccc2oc(C(=O)O[C@@H](C)C(=O)NC3CCCC3)c(C)c2c1. The number of esters is 1. The molecule has 26 heavy (non-hydrogen) atoms. The van der Waals surface area contributed by atoms with Crippen LogP contribution in [0.1, 0.15) is 55.6 Å². The molecule has 140 valence electrons. The highest BCUT2D eigenvalue weighted by Crippen LogP contribution is 2.29. The number of amides is 1. The lowest BCUT2D eigenvalue weighted by molar-refractivity contribution is -0.129. The molecule has 1 N–H and O–H groups in total. The summed E-state index contributed by atoms with van der Waals surface area (Å²) in [5, 5.41) is 3.73. The van der Waals surface area contributed by atoms with Gasteiger partial charge in [0.2, 0.25) is 5.76 Å². The molecule has 0 aliphatic heterocycles. The number of nitrogens with one attached hydrogen (secondary N) is 1. The average Bonchev–Trinajstić information content (AvgIpc) is 3.23. The zero-order chi connectivity index (χ0) is 18.7. The number of aryl methyl sites for hydroxylation is 1. The van der Waals surface area contributed by atoms with Gasteiger partial charge in [-0.3, -0.25) is 4.79 Å². The molecule has 1 aliphatic rings. The second-order valence-electron chi connectivity index (χ2n) is 6.68. The maximum atomic E-state index is 12.5. The van der Waals surface area contributed by atoms with E-state index in [9.17, 15) is 9.59 Å². The van der Waals surface area contributed by atoms with Gasteiger partial charge in [0.05, 0.1) is 6.61 Å². The molecule has 0 saturated heterocycles.